The summed E-state index contributed by atoms with van der Waals surface area (Å²) in [5, 5.41) is 11.1. The van der Waals surface area contributed by atoms with E-state index in [1.807, 2.05) is 43.3 Å². The third-order valence-corrected chi connectivity index (χ3v) is 4.09. The number of pyridine rings is 1. The van der Waals surface area contributed by atoms with E-state index in [0.29, 0.717) is 24.4 Å². The average molecular weight is 338 g/mol. The molecule has 1 atom stereocenters. The number of carbonyl (C=O) groups excluding carboxylic acids is 1. The van der Waals surface area contributed by atoms with Crippen molar-refractivity contribution in [2.45, 2.75) is 26.1 Å². The number of amides is 1. The second-order valence-corrected chi connectivity index (χ2v) is 6.01. The van der Waals surface area contributed by atoms with Crippen molar-refractivity contribution in [3.8, 4) is 17.1 Å². The number of aromatic amines is 1. The monoisotopic (exact) mass is 338 g/mol. The summed E-state index contributed by atoms with van der Waals surface area (Å²) in [7, 11) is 0. The van der Waals surface area contributed by atoms with E-state index in [2.05, 4.69) is 20.5 Å². The molecule has 1 aliphatic rings. The first-order valence-electron chi connectivity index (χ1n) is 8.21. The lowest BCUT2D eigenvalue weighted by Gasteiger charge is -2.15. The molecule has 1 aliphatic heterocycles. The van der Waals surface area contributed by atoms with Crippen molar-refractivity contribution in [3.63, 3.8) is 0 Å². The number of hydrogen-bond acceptors (Lipinski definition) is 5. The zero-order valence-electron chi connectivity index (χ0n) is 13.8. The van der Waals surface area contributed by atoms with Gasteiger partial charge in [0.1, 0.15) is 18.1 Å². The van der Waals surface area contributed by atoms with Crippen molar-refractivity contribution in [3.05, 3.63) is 42.1 Å². The molecule has 7 heteroatoms. The Morgan fingerprint density at radius 2 is 2.16 bits per heavy atom. The molecule has 4 rings (SSSR count). The number of fused-ring (bicyclic) bond motifs is 4. The molecule has 3 aromatic rings. The van der Waals surface area contributed by atoms with Crippen LogP contribution in [0, 0.1) is 0 Å². The molecule has 0 saturated carbocycles. The third kappa shape index (κ3) is 3.26. The van der Waals surface area contributed by atoms with Crippen LogP contribution in [0.5, 0.6) is 5.75 Å². The summed E-state index contributed by atoms with van der Waals surface area (Å²) in [6, 6.07) is 11.4. The van der Waals surface area contributed by atoms with Gasteiger partial charge in [0.25, 0.3) is 0 Å². The fraction of sp³-hybridized carbons (Fsp3) is 0.278. The van der Waals surface area contributed by atoms with Gasteiger partial charge in [0.15, 0.2) is 0 Å². The van der Waals surface area contributed by atoms with Gasteiger partial charge in [-0.25, -0.2) is 9.78 Å². The molecule has 25 heavy (non-hydrogen) atoms. The van der Waals surface area contributed by atoms with E-state index < -0.39 is 6.09 Å². The van der Waals surface area contributed by atoms with Crippen molar-refractivity contribution < 1.29 is 14.3 Å². The first-order chi connectivity index (χ1) is 12.2. The van der Waals surface area contributed by atoms with E-state index in [-0.39, 0.29) is 12.7 Å². The summed E-state index contributed by atoms with van der Waals surface area (Å²) >= 11 is 0. The molecule has 0 aliphatic carbocycles. The Morgan fingerprint density at radius 1 is 1.24 bits per heavy atom. The molecular formula is C18H18N4O3. The molecule has 0 fully saturated rings. The number of rotatable bonds is 0. The third-order valence-electron chi connectivity index (χ3n) is 4.09. The molecule has 2 aromatic heterocycles. The number of nitrogens with zero attached hydrogens (tertiary/aromatic N) is 2. The Morgan fingerprint density at radius 3 is 3.08 bits per heavy atom. The van der Waals surface area contributed by atoms with Crippen molar-refractivity contribution >= 4 is 17.0 Å². The Kier molecular flexibility index (Phi) is 3.97. The van der Waals surface area contributed by atoms with Gasteiger partial charge in [0.2, 0.25) is 0 Å². The van der Waals surface area contributed by atoms with Gasteiger partial charge in [-0.3, -0.25) is 5.10 Å². The molecule has 128 valence electrons. The summed E-state index contributed by atoms with van der Waals surface area (Å²) in [5.41, 5.74) is 3.04. The number of carbonyl (C=O) groups is 1. The van der Waals surface area contributed by atoms with Gasteiger partial charge in [-0.05, 0) is 37.3 Å². The second-order valence-electron chi connectivity index (χ2n) is 6.01. The first kappa shape index (κ1) is 15.4. The fourth-order valence-corrected chi connectivity index (χ4v) is 2.81. The van der Waals surface area contributed by atoms with Gasteiger partial charge < -0.3 is 14.8 Å². The molecule has 1 amide bonds. The van der Waals surface area contributed by atoms with Crippen LogP contribution in [0.1, 0.15) is 19.0 Å². The summed E-state index contributed by atoms with van der Waals surface area (Å²) in [4.78, 5) is 16.3. The number of nitrogens with one attached hydrogen (secondary N) is 2. The molecule has 0 saturated heterocycles. The first-order valence-corrected chi connectivity index (χ1v) is 8.21. The predicted molar refractivity (Wildman–Crippen MR) is 92.2 cm³/mol. The SMILES string of the molecule is C[C@@H]1CCNC(=O)OCc2cccc(n2)-c2n[nH]c3ccc(cc23)O1. The zero-order valence-corrected chi connectivity index (χ0v) is 13.8. The van der Waals surface area contributed by atoms with Gasteiger partial charge in [0.05, 0.1) is 23.0 Å². The fourth-order valence-electron chi connectivity index (χ4n) is 2.81. The lowest BCUT2D eigenvalue weighted by atomic mass is 10.1. The minimum Gasteiger partial charge on any atom is -0.491 e. The Bertz CT molecular complexity index is 922. The molecule has 0 unspecified atom stereocenters. The van der Waals surface area contributed by atoms with E-state index in [9.17, 15) is 4.79 Å². The summed E-state index contributed by atoms with van der Waals surface area (Å²) < 4.78 is 11.2. The van der Waals surface area contributed by atoms with Crippen molar-refractivity contribution in [1.82, 2.24) is 20.5 Å². The topological polar surface area (TPSA) is 89.1 Å². The molecular weight excluding hydrogens is 320 g/mol. The van der Waals surface area contributed by atoms with E-state index in [4.69, 9.17) is 9.47 Å². The molecule has 3 heterocycles. The standard InChI is InChI=1S/C18H18N4O3/c1-11-7-8-19-18(23)24-10-12-3-2-4-16(20-12)17-14-9-13(25-11)5-6-15(14)21-22-17/h2-6,9,11H,7-8,10H2,1H3,(H,19,23)(H,21,22)/t11-/m1/s1. The van der Waals surface area contributed by atoms with E-state index >= 15 is 0 Å². The highest BCUT2D eigenvalue weighted by Gasteiger charge is 2.14. The minimum atomic E-state index is -0.461. The van der Waals surface area contributed by atoms with E-state index in [1.54, 1.807) is 0 Å². The van der Waals surface area contributed by atoms with E-state index in [0.717, 1.165) is 22.3 Å². The van der Waals surface area contributed by atoms with Crippen LogP contribution in [0.4, 0.5) is 4.79 Å². The Balaban J connectivity index is 1.79. The molecule has 4 bridgehead atoms. The summed E-state index contributed by atoms with van der Waals surface area (Å²) in [5.74, 6) is 0.760. The normalized spacial score (nSPS) is 18.0. The highest BCUT2D eigenvalue weighted by molar-refractivity contribution is 5.92. The van der Waals surface area contributed by atoms with Gasteiger partial charge in [-0.1, -0.05) is 6.07 Å². The summed E-state index contributed by atoms with van der Waals surface area (Å²) in [6.07, 6.45) is 0.173. The Labute approximate surface area is 144 Å². The quantitative estimate of drug-likeness (QED) is 0.658. The smallest absolute Gasteiger partial charge is 0.407 e. The Hall–Kier alpha value is -3.09. The van der Waals surface area contributed by atoms with Gasteiger partial charge in [-0.15, -0.1) is 0 Å². The highest BCUT2D eigenvalue weighted by atomic mass is 16.5. The number of ether oxygens (including phenoxy) is 2. The number of hydrogen-bond donors (Lipinski definition) is 2. The molecule has 0 spiro atoms. The average Bonchev–Trinajstić information content (AvgIpc) is 3.03. The van der Waals surface area contributed by atoms with Crippen molar-refractivity contribution in [2.24, 2.45) is 0 Å². The summed E-state index contributed by atoms with van der Waals surface area (Å²) in [6.45, 7) is 2.56. The van der Waals surface area contributed by atoms with Crippen molar-refractivity contribution in [2.75, 3.05) is 6.54 Å². The maximum absolute atomic E-state index is 11.8. The van der Waals surface area contributed by atoms with Gasteiger partial charge in [-0.2, -0.15) is 5.10 Å². The number of benzene rings is 1. The minimum absolute atomic E-state index is 0.0441. The maximum Gasteiger partial charge on any atom is 0.407 e. The lowest BCUT2D eigenvalue weighted by Crippen LogP contribution is -2.28. The number of cyclic esters (lactones) is 1. The van der Waals surface area contributed by atoms with Crippen LogP contribution in [-0.4, -0.2) is 33.9 Å². The van der Waals surface area contributed by atoms with E-state index in [1.165, 1.54) is 0 Å². The number of aromatic nitrogens is 3. The zero-order chi connectivity index (χ0) is 17.2. The lowest BCUT2D eigenvalue weighted by molar-refractivity contribution is 0.136. The van der Waals surface area contributed by atoms with Crippen LogP contribution >= 0.6 is 0 Å². The van der Waals surface area contributed by atoms with Crippen LogP contribution in [0.2, 0.25) is 0 Å². The second kappa shape index (κ2) is 6.43. The van der Waals surface area contributed by atoms with Gasteiger partial charge in [0, 0.05) is 18.4 Å². The molecule has 1 aromatic carbocycles. The molecule has 2 N–H and O–H groups in total. The van der Waals surface area contributed by atoms with Crippen LogP contribution in [0.3, 0.4) is 0 Å². The predicted octanol–water partition coefficient (Wildman–Crippen LogP) is 3.02. The van der Waals surface area contributed by atoms with Crippen LogP contribution in [-0.2, 0) is 11.3 Å². The van der Waals surface area contributed by atoms with Gasteiger partial charge >= 0.3 is 6.09 Å². The van der Waals surface area contributed by atoms with Crippen molar-refractivity contribution in [1.29, 1.82) is 0 Å². The van der Waals surface area contributed by atoms with Crippen LogP contribution in [0.15, 0.2) is 36.4 Å². The number of H-pyrrole nitrogens is 1. The highest BCUT2D eigenvalue weighted by Crippen LogP contribution is 2.29. The maximum atomic E-state index is 11.8. The van der Waals surface area contributed by atoms with Crippen LogP contribution in [0.25, 0.3) is 22.3 Å². The largest absolute Gasteiger partial charge is 0.491 e. The number of alkyl carbamates (subject to hydrolysis) is 1. The molecule has 7 nitrogen and oxygen atoms in total. The van der Waals surface area contributed by atoms with Crippen LogP contribution < -0.4 is 10.1 Å². The molecule has 0 radical (unpaired) electrons.